The van der Waals surface area contributed by atoms with Crippen LogP contribution in [0, 0.1) is 0 Å². The highest BCUT2D eigenvalue weighted by molar-refractivity contribution is 9.10. The standard InChI is InChI=1S/C20H19BrN4O4/c21-14-3-4-16-15(12-14)19(27)25(13-22-16)6-5-18(26)23-7-9-24(10-8-23)20(28)17-2-1-11-29-17/h1-4,11-13H,5-10H2. The van der Waals surface area contributed by atoms with Crippen molar-refractivity contribution >= 4 is 38.6 Å². The van der Waals surface area contributed by atoms with E-state index in [1.165, 1.54) is 17.2 Å². The second-order valence-corrected chi connectivity index (χ2v) is 7.72. The highest BCUT2D eigenvalue weighted by Gasteiger charge is 2.25. The Labute approximate surface area is 174 Å². The second-order valence-electron chi connectivity index (χ2n) is 6.80. The van der Waals surface area contributed by atoms with Crippen LogP contribution in [-0.2, 0) is 11.3 Å². The molecule has 3 aromatic rings. The normalized spacial score (nSPS) is 14.4. The molecule has 2 aromatic heterocycles. The lowest BCUT2D eigenvalue weighted by Gasteiger charge is -2.34. The fraction of sp³-hybridized carbons (Fsp3) is 0.300. The second kappa shape index (κ2) is 8.20. The third-order valence-electron chi connectivity index (χ3n) is 5.00. The Balaban J connectivity index is 1.35. The summed E-state index contributed by atoms with van der Waals surface area (Å²) in [4.78, 5) is 45.2. The number of aryl methyl sites for hydroxylation is 1. The smallest absolute Gasteiger partial charge is 0.289 e. The SMILES string of the molecule is O=C(CCn1cnc2ccc(Br)cc2c1=O)N1CCN(C(=O)c2ccco2)CC1. The van der Waals surface area contributed by atoms with E-state index in [0.29, 0.717) is 42.8 Å². The van der Waals surface area contributed by atoms with Crippen molar-refractivity contribution in [2.45, 2.75) is 13.0 Å². The molecule has 1 aliphatic heterocycles. The molecule has 0 bridgehead atoms. The van der Waals surface area contributed by atoms with Crippen molar-refractivity contribution in [3.05, 3.63) is 63.5 Å². The predicted octanol–water partition coefficient (Wildman–Crippen LogP) is 2.13. The molecule has 0 aliphatic carbocycles. The molecule has 1 aliphatic rings. The molecule has 2 amide bonds. The molecule has 4 rings (SSSR count). The van der Waals surface area contributed by atoms with Crippen molar-refractivity contribution in [1.82, 2.24) is 19.4 Å². The zero-order chi connectivity index (χ0) is 20.4. The fourth-order valence-corrected chi connectivity index (χ4v) is 3.74. The summed E-state index contributed by atoms with van der Waals surface area (Å²) >= 11 is 3.36. The molecule has 29 heavy (non-hydrogen) atoms. The maximum Gasteiger partial charge on any atom is 0.289 e. The molecule has 1 saturated heterocycles. The minimum Gasteiger partial charge on any atom is -0.459 e. The highest BCUT2D eigenvalue weighted by Crippen LogP contribution is 2.15. The molecular formula is C20H19BrN4O4. The number of rotatable bonds is 4. The number of furan rings is 1. The number of carbonyl (C=O) groups excluding carboxylic acids is 2. The van der Waals surface area contributed by atoms with Crippen molar-refractivity contribution in [1.29, 1.82) is 0 Å². The minimum atomic E-state index is -0.169. The lowest BCUT2D eigenvalue weighted by Crippen LogP contribution is -2.50. The summed E-state index contributed by atoms with van der Waals surface area (Å²) in [6, 6.07) is 8.65. The molecule has 0 N–H and O–H groups in total. The summed E-state index contributed by atoms with van der Waals surface area (Å²) in [6.07, 6.45) is 3.15. The van der Waals surface area contributed by atoms with Gasteiger partial charge in [-0.3, -0.25) is 19.0 Å². The predicted molar refractivity (Wildman–Crippen MR) is 110 cm³/mol. The monoisotopic (exact) mass is 458 g/mol. The number of hydrogen-bond acceptors (Lipinski definition) is 5. The van der Waals surface area contributed by atoms with Gasteiger partial charge in [-0.2, -0.15) is 0 Å². The van der Waals surface area contributed by atoms with Crippen LogP contribution in [0.25, 0.3) is 10.9 Å². The Hall–Kier alpha value is -2.94. The number of benzene rings is 1. The van der Waals surface area contributed by atoms with Crippen molar-refractivity contribution in [3.63, 3.8) is 0 Å². The van der Waals surface area contributed by atoms with Crippen LogP contribution in [0.1, 0.15) is 17.0 Å². The summed E-state index contributed by atoms with van der Waals surface area (Å²) in [6.45, 7) is 2.10. The maximum absolute atomic E-state index is 12.6. The molecule has 150 valence electrons. The lowest BCUT2D eigenvalue weighted by molar-refractivity contribution is -0.132. The van der Waals surface area contributed by atoms with E-state index in [2.05, 4.69) is 20.9 Å². The Bertz CT molecular complexity index is 1100. The molecule has 3 heterocycles. The number of nitrogens with zero attached hydrogens (tertiary/aromatic N) is 4. The summed E-state index contributed by atoms with van der Waals surface area (Å²) in [7, 11) is 0. The third-order valence-corrected chi connectivity index (χ3v) is 5.50. The van der Waals surface area contributed by atoms with Gasteiger partial charge in [0, 0.05) is 43.6 Å². The molecule has 9 heteroatoms. The first-order chi connectivity index (χ1) is 14.0. The van der Waals surface area contributed by atoms with Crippen molar-refractivity contribution in [3.8, 4) is 0 Å². The molecule has 1 aromatic carbocycles. The number of amides is 2. The Kier molecular flexibility index (Phi) is 5.48. The molecule has 0 atom stereocenters. The Morgan fingerprint density at radius 2 is 1.86 bits per heavy atom. The van der Waals surface area contributed by atoms with Gasteiger partial charge in [0.1, 0.15) is 0 Å². The van der Waals surface area contributed by atoms with E-state index in [4.69, 9.17) is 4.42 Å². The highest BCUT2D eigenvalue weighted by atomic mass is 79.9. The number of hydrogen-bond donors (Lipinski definition) is 0. The van der Waals surface area contributed by atoms with Crippen LogP contribution in [-0.4, -0.2) is 57.3 Å². The van der Waals surface area contributed by atoms with Crippen LogP contribution >= 0.6 is 15.9 Å². The third kappa shape index (κ3) is 4.09. The van der Waals surface area contributed by atoms with Gasteiger partial charge in [0.15, 0.2) is 5.76 Å². The zero-order valence-corrected chi connectivity index (χ0v) is 17.2. The first-order valence-corrected chi connectivity index (χ1v) is 10.1. The summed E-state index contributed by atoms with van der Waals surface area (Å²) in [5.41, 5.74) is 0.455. The Morgan fingerprint density at radius 3 is 2.59 bits per heavy atom. The van der Waals surface area contributed by atoms with Gasteiger partial charge >= 0.3 is 0 Å². The molecule has 0 saturated carbocycles. The van der Waals surface area contributed by atoms with Crippen molar-refractivity contribution < 1.29 is 14.0 Å². The largest absolute Gasteiger partial charge is 0.459 e. The maximum atomic E-state index is 12.6. The average Bonchev–Trinajstić information content (AvgIpc) is 3.28. The van der Waals surface area contributed by atoms with Crippen LogP contribution < -0.4 is 5.56 Å². The molecule has 0 spiro atoms. The van der Waals surface area contributed by atoms with E-state index in [1.807, 2.05) is 6.07 Å². The van der Waals surface area contributed by atoms with Gasteiger partial charge in [0.2, 0.25) is 5.91 Å². The summed E-state index contributed by atoms with van der Waals surface area (Å²) in [5.74, 6) is 0.0954. The van der Waals surface area contributed by atoms with Crippen molar-refractivity contribution in [2.24, 2.45) is 0 Å². The Morgan fingerprint density at radius 1 is 1.10 bits per heavy atom. The quantitative estimate of drug-likeness (QED) is 0.597. The molecule has 0 unspecified atom stereocenters. The van der Waals surface area contributed by atoms with Crippen LogP contribution in [0.4, 0.5) is 0 Å². The lowest BCUT2D eigenvalue weighted by atomic mass is 10.2. The number of fused-ring (bicyclic) bond motifs is 1. The van der Waals surface area contributed by atoms with Gasteiger partial charge in [-0.1, -0.05) is 15.9 Å². The first-order valence-electron chi connectivity index (χ1n) is 9.28. The van der Waals surface area contributed by atoms with Gasteiger partial charge in [-0.05, 0) is 30.3 Å². The van der Waals surface area contributed by atoms with Gasteiger partial charge in [0.25, 0.3) is 11.5 Å². The molecule has 0 radical (unpaired) electrons. The van der Waals surface area contributed by atoms with Gasteiger partial charge in [-0.15, -0.1) is 0 Å². The van der Waals surface area contributed by atoms with E-state index in [-0.39, 0.29) is 30.3 Å². The van der Waals surface area contributed by atoms with Gasteiger partial charge < -0.3 is 14.2 Å². The van der Waals surface area contributed by atoms with Crippen LogP contribution in [0.5, 0.6) is 0 Å². The van der Waals surface area contributed by atoms with E-state index in [1.54, 1.807) is 34.1 Å². The zero-order valence-electron chi connectivity index (χ0n) is 15.6. The van der Waals surface area contributed by atoms with E-state index < -0.39 is 0 Å². The number of aromatic nitrogens is 2. The topological polar surface area (TPSA) is 88.7 Å². The minimum absolute atomic E-state index is 0.0451. The molecule has 8 nitrogen and oxygen atoms in total. The summed E-state index contributed by atoms with van der Waals surface area (Å²) < 4.78 is 7.41. The van der Waals surface area contributed by atoms with Crippen LogP contribution in [0.3, 0.4) is 0 Å². The van der Waals surface area contributed by atoms with Crippen LogP contribution in [0.2, 0.25) is 0 Å². The van der Waals surface area contributed by atoms with Crippen LogP contribution in [0.15, 0.2) is 56.6 Å². The number of carbonyl (C=O) groups is 2. The average molecular weight is 459 g/mol. The first kappa shape index (κ1) is 19.4. The van der Waals surface area contributed by atoms with Gasteiger partial charge in [-0.25, -0.2) is 4.98 Å². The molecule has 1 fully saturated rings. The number of piperazine rings is 1. The van der Waals surface area contributed by atoms with Gasteiger partial charge in [0.05, 0.1) is 23.5 Å². The van der Waals surface area contributed by atoms with Crippen molar-refractivity contribution in [2.75, 3.05) is 26.2 Å². The van der Waals surface area contributed by atoms with E-state index in [0.717, 1.165) is 4.47 Å². The summed E-state index contributed by atoms with van der Waals surface area (Å²) in [5, 5.41) is 0.513. The van der Waals surface area contributed by atoms with E-state index in [9.17, 15) is 14.4 Å². The fourth-order valence-electron chi connectivity index (χ4n) is 3.38. The van der Waals surface area contributed by atoms with E-state index >= 15 is 0 Å². The molecular weight excluding hydrogens is 440 g/mol. The number of halogens is 1.